The molecule has 0 saturated carbocycles. The Balaban J connectivity index is 1.69. The van der Waals surface area contributed by atoms with E-state index in [9.17, 15) is 9.18 Å². The van der Waals surface area contributed by atoms with E-state index >= 15 is 0 Å². The molecule has 4 rings (SSSR count). The number of amides is 1. The fourth-order valence-corrected chi connectivity index (χ4v) is 3.13. The third kappa shape index (κ3) is 3.13. The van der Waals surface area contributed by atoms with Gasteiger partial charge in [0.1, 0.15) is 17.1 Å². The van der Waals surface area contributed by atoms with Gasteiger partial charge in [0.05, 0.1) is 12.3 Å². The van der Waals surface area contributed by atoms with Gasteiger partial charge in [-0.1, -0.05) is 12.1 Å². The summed E-state index contributed by atoms with van der Waals surface area (Å²) < 4.78 is 23.0. The van der Waals surface area contributed by atoms with Crippen LogP contribution in [-0.2, 0) is 4.74 Å². The van der Waals surface area contributed by atoms with Crippen LogP contribution in [0.25, 0.3) is 11.5 Å². The number of para-hydroxylation sites is 1. The number of aromatic nitrogens is 3. The number of halogens is 1. The van der Waals surface area contributed by atoms with Crippen LogP contribution in [0.5, 0.6) is 0 Å². The van der Waals surface area contributed by atoms with Gasteiger partial charge < -0.3 is 14.6 Å². The minimum Gasteiger partial charge on any atom is -0.376 e. The van der Waals surface area contributed by atoms with Crippen molar-refractivity contribution in [3.05, 3.63) is 66.4 Å². The maximum atomic E-state index is 14.3. The number of hydrogen-bond acceptors (Lipinski definition) is 3. The Bertz CT molecular complexity index is 898. The van der Waals surface area contributed by atoms with Crippen molar-refractivity contribution in [3.8, 4) is 11.5 Å². The second-order valence-corrected chi connectivity index (χ2v) is 6.18. The predicted molar refractivity (Wildman–Crippen MR) is 94.2 cm³/mol. The van der Waals surface area contributed by atoms with Gasteiger partial charge >= 0.3 is 0 Å². The molecule has 1 aliphatic rings. The lowest BCUT2D eigenvalue weighted by molar-refractivity contribution is 0.0857. The number of nitrogens with one attached hydrogen (secondary N) is 1. The van der Waals surface area contributed by atoms with E-state index in [2.05, 4.69) is 10.4 Å². The standard InChI is InChI=1S/C19H19FN4O2/c20-16-7-1-2-8-17(16)24-19(23-9-3-4-10-23)15(13-22-24)18(25)21-12-14-6-5-11-26-14/h1-4,7-10,13-14H,5-6,11-12H2,(H,21,25). The van der Waals surface area contributed by atoms with Crippen LogP contribution in [0.4, 0.5) is 4.39 Å². The number of carbonyl (C=O) groups is 1. The van der Waals surface area contributed by atoms with Gasteiger partial charge in [-0.2, -0.15) is 5.10 Å². The smallest absolute Gasteiger partial charge is 0.256 e. The van der Waals surface area contributed by atoms with Crippen molar-refractivity contribution >= 4 is 5.91 Å². The van der Waals surface area contributed by atoms with Crippen molar-refractivity contribution in [2.45, 2.75) is 18.9 Å². The molecule has 3 aromatic rings. The van der Waals surface area contributed by atoms with E-state index in [0.717, 1.165) is 19.4 Å². The molecule has 0 bridgehead atoms. The summed E-state index contributed by atoms with van der Waals surface area (Å²) in [5.74, 6) is -0.174. The lowest BCUT2D eigenvalue weighted by Crippen LogP contribution is -2.32. The van der Waals surface area contributed by atoms with Crippen LogP contribution < -0.4 is 5.32 Å². The Morgan fingerprint density at radius 3 is 2.81 bits per heavy atom. The second kappa shape index (κ2) is 7.13. The van der Waals surface area contributed by atoms with Gasteiger partial charge in [0, 0.05) is 25.5 Å². The van der Waals surface area contributed by atoms with Gasteiger partial charge in [-0.15, -0.1) is 0 Å². The molecule has 3 heterocycles. The fourth-order valence-electron chi connectivity index (χ4n) is 3.13. The summed E-state index contributed by atoms with van der Waals surface area (Å²) >= 11 is 0. The summed E-state index contributed by atoms with van der Waals surface area (Å²) in [6.07, 6.45) is 7.07. The average Bonchev–Trinajstić information content (AvgIpc) is 3.40. The molecule has 1 N–H and O–H groups in total. The molecule has 0 spiro atoms. The lowest BCUT2D eigenvalue weighted by Gasteiger charge is -2.13. The van der Waals surface area contributed by atoms with Crippen molar-refractivity contribution in [1.29, 1.82) is 0 Å². The SMILES string of the molecule is O=C(NCC1CCCO1)c1cnn(-c2ccccc2F)c1-n1cccc1. The van der Waals surface area contributed by atoms with Crippen molar-refractivity contribution in [3.63, 3.8) is 0 Å². The Morgan fingerprint density at radius 1 is 1.27 bits per heavy atom. The number of rotatable bonds is 5. The number of ether oxygens (including phenoxy) is 1. The van der Waals surface area contributed by atoms with Crippen LogP contribution in [0, 0.1) is 5.82 Å². The van der Waals surface area contributed by atoms with E-state index in [1.165, 1.54) is 16.9 Å². The highest BCUT2D eigenvalue weighted by Gasteiger charge is 2.23. The highest BCUT2D eigenvalue weighted by atomic mass is 19.1. The molecule has 1 amide bonds. The fraction of sp³-hybridized carbons (Fsp3) is 0.263. The topological polar surface area (TPSA) is 61.1 Å². The molecular formula is C19H19FN4O2. The van der Waals surface area contributed by atoms with Crippen molar-refractivity contribution < 1.29 is 13.9 Å². The summed E-state index contributed by atoms with van der Waals surface area (Å²) in [4.78, 5) is 12.7. The van der Waals surface area contributed by atoms with E-state index in [1.54, 1.807) is 35.2 Å². The van der Waals surface area contributed by atoms with E-state index in [-0.39, 0.29) is 17.7 Å². The number of nitrogens with zero attached hydrogens (tertiary/aromatic N) is 3. The molecule has 1 unspecified atom stereocenters. The van der Waals surface area contributed by atoms with Crippen LogP contribution in [0.15, 0.2) is 55.0 Å². The van der Waals surface area contributed by atoms with Gasteiger partial charge in [-0.25, -0.2) is 9.07 Å². The largest absolute Gasteiger partial charge is 0.376 e. The van der Waals surface area contributed by atoms with Crippen LogP contribution in [0.3, 0.4) is 0 Å². The highest BCUT2D eigenvalue weighted by Crippen LogP contribution is 2.22. The van der Waals surface area contributed by atoms with E-state index in [4.69, 9.17) is 4.74 Å². The maximum absolute atomic E-state index is 14.3. The number of carbonyl (C=O) groups excluding carboxylic acids is 1. The van der Waals surface area contributed by atoms with Crippen LogP contribution >= 0.6 is 0 Å². The normalized spacial score (nSPS) is 16.7. The molecule has 1 saturated heterocycles. The summed E-state index contributed by atoms with van der Waals surface area (Å²) in [5.41, 5.74) is 0.664. The zero-order valence-electron chi connectivity index (χ0n) is 14.1. The molecule has 0 aliphatic carbocycles. The number of hydrogen-bond donors (Lipinski definition) is 1. The Hall–Kier alpha value is -2.93. The molecule has 0 radical (unpaired) electrons. The molecule has 1 aliphatic heterocycles. The highest BCUT2D eigenvalue weighted by molar-refractivity contribution is 5.97. The predicted octanol–water partition coefficient (Wildman–Crippen LogP) is 2.71. The molecular weight excluding hydrogens is 335 g/mol. The van der Waals surface area contributed by atoms with E-state index in [0.29, 0.717) is 17.9 Å². The zero-order valence-corrected chi connectivity index (χ0v) is 14.1. The average molecular weight is 354 g/mol. The molecule has 2 aromatic heterocycles. The van der Waals surface area contributed by atoms with Crippen LogP contribution in [0.1, 0.15) is 23.2 Å². The monoisotopic (exact) mass is 354 g/mol. The minimum atomic E-state index is -0.407. The maximum Gasteiger partial charge on any atom is 0.256 e. The molecule has 7 heteroatoms. The molecule has 26 heavy (non-hydrogen) atoms. The zero-order chi connectivity index (χ0) is 17.9. The first-order valence-electron chi connectivity index (χ1n) is 8.60. The first-order chi connectivity index (χ1) is 12.7. The first kappa shape index (κ1) is 16.5. The third-order valence-electron chi connectivity index (χ3n) is 4.43. The quantitative estimate of drug-likeness (QED) is 0.766. The van der Waals surface area contributed by atoms with Crippen molar-refractivity contribution in [2.75, 3.05) is 13.2 Å². The van der Waals surface area contributed by atoms with Crippen molar-refractivity contribution in [2.24, 2.45) is 0 Å². The van der Waals surface area contributed by atoms with Gasteiger partial charge in [-0.05, 0) is 37.1 Å². The molecule has 1 atom stereocenters. The lowest BCUT2D eigenvalue weighted by atomic mass is 10.2. The van der Waals surface area contributed by atoms with Gasteiger partial charge in [0.15, 0.2) is 5.82 Å². The van der Waals surface area contributed by atoms with Crippen LogP contribution in [-0.4, -0.2) is 39.5 Å². The van der Waals surface area contributed by atoms with Gasteiger partial charge in [0.2, 0.25) is 0 Å². The molecule has 6 nitrogen and oxygen atoms in total. The second-order valence-electron chi connectivity index (χ2n) is 6.18. The molecule has 134 valence electrons. The number of benzene rings is 1. The Morgan fingerprint density at radius 2 is 2.08 bits per heavy atom. The summed E-state index contributed by atoms with van der Waals surface area (Å²) in [6.45, 7) is 1.19. The van der Waals surface area contributed by atoms with Crippen molar-refractivity contribution in [1.82, 2.24) is 19.7 Å². The van der Waals surface area contributed by atoms with Gasteiger partial charge in [-0.3, -0.25) is 4.79 Å². The van der Waals surface area contributed by atoms with E-state index < -0.39 is 5.82 Å². The van der Waals surface area contributed by atoms with Gasteiger partial charge in [0.25, 0.3) is 5.91 Å². The first-order valence-corrected chi connectivity index (χ1v) is 8.60. The third-order valence-corrected chi connectivity index (χ3v) is 4.43. The summed E-state index contributed by atoms with van der Waals surface area (Å²) in [7, 11) is 0. The summed E-state index contributed by atoms with van der Waals surface area (Å²) in [5, 5.41) is 7.17. The van der Waals surface area contributed by atoms with E-state index in [1.807, 2.05) is 12.1 Å². The van der Waals surface area contributed by atoms with Crippen LogP contribution in [0.2, 0.25) is 0 Å². The minimum absolute atomic E-state index is 0.0515. The molecule has 1 aromatic carbocycles. The summed E-state index contributed by atoms with van der Waals surface area (Å²) in [6, 6.07) is 10.0. The molecule has 1 fully saturated rings. The Kier molecular flexibility index (Phi) is 4.53. The Labute approximate surface area is 150 Å².